The molecule has 3 rings (SSSR count). The third kappa shape index (κ3) is 5.34. The number of amides is 1. The van der Waals surface area contributed by atoms with Crippen molar-refractivity contribution in [2.45, 2.75) is 19.9 Å². The van der Waals surface area contributed by atoms with E-state index in [2.05, 4.69) is 9.88 Å². The van der Waals surface area contributed by atoms with Crippen LogP contribution < -0.4 is 0 Å². The number of ether oxygens (including phenoxy) is 1. The highest BCUT2D eigenvalue weighted by Gasteiger charge is 2.24. The highest BCUT2D eigenvalue weighted by molar-refractivity contribution is 7.14. The maximum Gasteiger partial charge on any atom is 0.283 e. The third-order valence-corrected chi connectivity index (χ3v) is 5.74. The van der Waals surface area contributed by atoms with E-state index >= 15 is 0 Å². The van der Waals surface area contributed by atoms with Crippen molar-refractivity contribution in [3.8, 4) is 0 Å². The average Bonchev–Trinajstić information content (AvgIpc) is 3.10. The van der Waals surface area contributed by atoms with Gasteiger partial charge in [-0.2, -0.15) is 0 Å². The van der Waals surface area contributed by atoms with Gasteiger partial charge in [0, 0.05) is 51.2 Å². The van der Waals surface area contributed by atoms with Crippen LogP contribution >= 0.6 is 11.3 Å². The van der Waals surface area contributed by atoms with E-state index in [9.17, 15) is 14.9 Å². The number of rotatable bonds is 8. The van der Waals surface area contributed by atoms with Crippen LogP contribution in [0, 0.1) is 17.0 Å². The van der Waals surface area contributed by atoms with Gasteiger partial charge in [-0.1, -0.05) is 0 Å². The van der Waals surface area contributed by atoms with Gasteiger partial charge in [0.05, 0.1) is 27.9 Å². The number of hydrogen-bond donors (Lipinski definition) is 0. The van der Waals surface area contributed by atoms with Gasteiger partial charge in [-0.05, 0) is 31.0 Å². The van der Waals surface area contributed by atoms with Gasteiger partial charge in [0.1, 0.15) is 0 Å². The topological polar surface area (TPSA) is 88.8 Å². The maximum atomic E-state index is 13.1. The molecule has 150 valence electrons. The lowest BCUT2D eigenvalue weighted by molar-refractivity contribution is -0.385. The Morgan fingerprint density at radius 1 is 1.36 bits per heavy atom. The van der Waals surface area contributed by atoms with Crippen LogP contribution in [-0.2, 0) is 11.3 Å². The quantitative estimate of drug-likeness (QED) is 0.496. The summed E-state index contributed by atoms with van der Waals surface area (Å²) in [6.45, 7) is 6.93. The van der Waals surface area contributed by atoms with Crippen LogP contribution in [0.1, 0.15) is 26.5 Å². The number of carbonyl (C=O) groups is 1. The SMILES string of the molecule is Cc1sc(C(=O)N(CCCN2CCOCC2)Cc2ccncc2)cc1[N+](=O)[O-]. The summed E-state index contributed by atoms with van der Waals surface area (Å²) in [4.78, 5) is 32.9. The van der Waals surface area contributed by atoms with Gasteiger partial charge in [-0.15, -0.1) is 11.3 Å². The summed E-state index contributed by atoms with van der Waals surface area (Å²) in [6, 6.07) is 5.15. The molecule has 3 heterocycles. The van der Waals surface area contributed by atoms with Gasteiger partial charge in [0.15, 0.2) is 0 Å². The van der Waals surface area contributed by atoms with Crippen LogP contribution in [0.15, 0.2) is 30.6 Å². The molecule has 1 saturated heterocycles. The van der Waals surface area contributed by atoms with E-state index in [4.69, 9.17) is 4.74 Å². The molecule has 0 N–H and O–H groups in total. The molecule has 0 bridgehead atoms. The Morgan fingerprint density at radius 3 is 2.71 bits per heavy atom. The first-order chi connectivity index (χ1) is 13.5. The molecule has 9 heteroatoms. The molecule has 1 fully saturated rings. The second-order valence-electron chi connectivity index (χ2n) is 6.70. The summed E-state index contributed by atoms with van der Waals surface area (Å²) in [7, 11) is 0. The molecule has 0 aromatic carbocycles. The van der Waals surface area contributed by atoms with Crippen LogP contribution in [-0.4, -0.2) is 65.0 Å². The number of morpholine rings is 1. The van der Waals surface area contributed by atoms with E-state index in [0.717, 1.165) is 44.8 Å². The molecule has 8 nitrogen and oxygen atoms in total. The van der Waals surface area contributed by atoms with Crippen molar-refractivity contribution in [1.82, 2.24) is 14.8 Å². The smallest absolute Gasteiger partial charge is 0.283 e. The lowest BCUT2D eigenvalue weighted by Crippen LogP contribution is -2.39. The molecule has 28 heavy (non-hydrogen) atoms. The zero-order valence-electron chi connectivity index (χ0n) is 15.9. The number of carbonyl (C=O) groups excluding carboxylic acids is 1. The van der Waals surface area contributed by atoms with E-state index in [1.54, 1.807) is 24.2 Å². The second-order valence-corrected chi connectivity index (χ2v) is 7.96. The summed E-state index contributed by atoms with van der Waals surface area (Å²) < 4.78 is 5.37. The molecule has 0 aliphatic carbocycles. The molecule has 1 aliphatic rings. The van der Waals surface area contributed by atoms with E-state index < -0.39 is 4.92 Å². The van der Waals surface area contributed by atoms with Gasteiger partial charge in [-0.25, -0.2) is 0 Å². The fourth-order valence-electron chi connectivity index (χ4n) is 3.19. The molecule has 0 atom stereocenters. The predicted molar refractivity (Wildman–Crippen MR) is 107 cm³/mol. The molecule has 2 aromatic heterocycles. The molecule has 0 spiro atoms. The van der Waals surface area contributed by atoms with E-state index in [1.165, 1.54) is 17.4 Å². The summed E-state index contributed by atoms with van der Waals surface area (Å²) in [5, 5.41) is 11.1. The predicted octanol–water partition coefficient (Wildman–Crippen LogP) is 2.72. The first-order valence-corrected chi connectivity index (χ1v) is 10.1. The number of aryl methyl sites for hydroxylation is 1. The van der Waals surface area contributed by atoms with Gasteiger partial charge in [0.2, 0.25) is 0 Å². The van der Waals surface area contributed by atoms with Crippen molar-refractivity contribution in [3.05, 3.63) is 56.0 Å². The Morgan fingerprint density at radius 2 is 2.07 bits per heavy atom. The fourth-order valence-corrected chi connectivity index (χ4v) is 4.14. The number of nitro groups is 1. The van der Waals surface area contributed by atoms with Crippen molar-refractivity contribution in [2.24, 2.45) is 0 Å². The highest BCUT2D eigenvalue weighted by atomic mass is 32.1. The van der Waals surface area contributed by atoms with Crippen molar-refractivity contribution >= 4 is 22.9 Å². The zero-order chi connectivity index (χ0) is 19.9. The number of hydrogen-bond acceptors (Lipinski definition) is 7. The second kappa shape index (κ2) is 9.72. The number of aromatic nitrogens is 1. The molecule has 0 unspecified atom stereocenters. The minimum absolute atomic E-state index is 0.00512. The van der Waals surface area contributed by atoms with Crippen molar-refractivity contribution in [1.29, 1.82) is 0 Å². The number of thiophene rings is 1. The van der Waals surface area contributed by atoms with Gasteiger partial charge >= 0.3 is 0 Å². The minimum Gasteiger partial charge on any atom is -0.379 e. The normalized spacial score (nSPS) is 14.8. The Bertz CT molecular complexity index is 806. The Balaban J connectivity index is 1.70. The molecular weight excluding hydrogens is 380 g/mol. The number of pyridine rings is 1. The highest BCUT2D eigenvalue weighted by Crippen LogP contribution is 2.29. The first kappa shape index (κ1) is 20.4. The summed E-state index contributed by atoms with van der Waals surface area (Å²) in [5.74, 6) is -0.167. The minimum atomic E-state index is -0.436. The first-order valence-electron chi connectivity index (χ1n) is 9.27. The van der Waals surface area contributed by atoms with Crippen LogP contribution in [0.4, 0.5) is 5.69 Å². The van der Waals surface area contributed by atoms with Crippen molar-refractivity contribution in [2.75, 3.05) is 39.4 Å². The van der Waals surface area contributed by atoms with Gasteiger partial charge in [-0.3, -0.25) is 24.8 Å². The van der Waals surface area contributed by atoms with Crippen LogP contribution in [0.5, 0.6) is 0 Å². The third-order valence-electron chi connectivity index (χ3n) is 4.72. The zero-order valence-corrected chi connectivity index (χ0v) is 16.7. The molecule has 2 aromatic rings. The summed E-state index contributed by atoms with van der Waals surface area (Å²) >= 11 is 1.18. The molecule has 0 saturated carbocycles. The lowest BCUT2D eigenvalue weighted by atomic mass is 10.2. The van der Waals surface area contributed by atoms with E-state index in [-0.39, 0.29) is 11.6 Å². The molecule has 0 radical (unpaired) electrons. The van der Waals surface area contributed by atoms with Crippen LogP contribution in [0.25, 0.3) is 0 Å². The number of nitrogens with zero attached hydrogens (tertiary/aromatic N) is 4. The Labute approximate surface area is 167 Å². The fraction of sp³-hybridized carbons (Fsp3) is 0.474. The van der Waals surface area contributed by atoms with Crippen LogP contribution in [0.2, 0.25) is 0 Å². The maximum absolute atomic E-state index is 13.1. The van der Waals surface area contributed by atoms with E-state index in [1.807, 2.05) is 12.1 Å². The van der Waals surface area contributed by atoms with Crippen molar-refractivity contribution < 1.29 is 14.5 Å². The Kier molecular flexibility index (Phi) is 7.07. The molecule has 1 aliphatic heterocycles. The molecule has 1 amide bonds. The summed E-state index contributed by atoms with van der Waals surface area (Å²) in [6.07, 6.45) is 4.24. The lowest BCUT2D eigenvalue weighted by Gasteiger charge is -2.28. The largest absolute Gasteiger partial charge is 0.379 e. The van der Waals surface area contributed by atoms with Crippen LogP contribution in [0.3, 0.4) is 0 Å². The monoisotopic (exact) mass is 404 g/mol. The van der Waals surface area contributed by atoms with Crippen molar-refractivity contribution in [3.63, 3.8) is 0 Å². The summed E-state index contributed by atoms with van der Waals surface area (Å²) in [5.41, 5.74) is 0.989. The molecular formula is C19H24N4O4S. The Hall–Kier alpha value is -2.36. The average molecular weight is 404 g/mol. The van der Waals surface area contributed by atoms with E-state index in [0.29, 0.717) is 22.8 Å². The van der Waals surface area contributed by atoms with Gasteiger partial charge in [0.25, 0.3) is 11.6 Å². The van der Waals surface area contributed by atoms with Gasteiger partial charge < -0.3 is 9.64 Å². The standard InChI is InChI=1S/C19H24N4O4S/c1-15-17(23(25)26)13-18(28-15)19(24)22(14-16-3-5-20-6-4-16)8-2-7-21-9-11-27-12-10-21/h3-6,13H,2,7-12,14H2,1H3.